The molecule has 0 aromatic heterocycles. The lowest BCUT2D eigenvalue weighted by Crippen LogP contribution is -2.31. The highest BCUT2D eigenvalue weighted by atomic mass is 32.1. The molecule has 0 amide bonds. The van der Waals surface area contributed by atoms with Crippen LogP contribution in [0.4, 0.5) is 14.5 Å². The summed E-state index contributed by atoms with van der Waals surface area (Å²) in [5, 5.41) is 5.42. The molecule has 1 aromatic rings. The lowest BCUT2D eigenvalue weighted by molar-refractivity contribution is 0.204. The molecular weight excluding hydrogens is 246 g/mol. The monoisotopic (exact) mass is 260 g/mol. The average molecular weight is 260 g/mol. The molecule has 3 nitrogen and oxygen atoms in total. The third kappa shape index (κ3) is 3.90. The second-order valence-corrected chi connectivity index (χ2v) is 3.84. The number of ether oxygens (including phenoxy) is 1. The van der Waals surface area contributed by atoms with Gasteiger partial charge in [0.15, 0.2) is 10.9 Å². The van der Waals surface area contributed by atoms with Crippen molar-refractivity contribution in [3.63, 3.8) is 0 Å². The van der Waals surface area contributed by atoms with E-state index in [0.717, 1.165) is 0 Å². The quantitative estimate of drug-likeness (QED) is 0.642. The third-order valence-electron chi connectivity index (χ3n) is 2.11. The smallest absolute Gasteiger partial charge is 0.171 e. The van der Waals surface area contributed by atoms with Gasteiger partial charge in [0, 0.05) is 13.7 Å². The van der Waals surface area contributed by atoms with Gasteiger partial charge in [-0.3, -0.25) is 0 Å². The van der Waals surface area contributed by atoms with E-state index in [-0.39, 0.29) is 10.8 Å². The van der Waals surface area contributed by atoms with Gasteiger partial charge in [-0.15, -0.1) is 0 Å². The van der Waals surface area contributed by atoms with Crippen molar-refractivity contribution >= 4 is 23.0 Å². The van der Waals surface area contributed by atoms with Crippen LogP contribution in [-0.4, -0.2) is 25.4 Å². The lowest BCUT2D eigenvalue weighted by atomic mass is 10.2. The normalized spacial score (nSPS) is 10.1. The van der Waals surface area contributed by atoms with Gasteiger partial charge in [-0.2, -0.15) is 0 Å². The van der Waals surface area contributed by atoms with Crippen LogP contribution in [0.3, 0.4) is 0 Å². The second-order valence-electron chi connectivity index (χ2n) is 3.43. The van der Waals surface area contributed by atoms with E-state index in [1.165, 1.54) is 12.1 Å². The number of aryl methyl sites for hydroxylation is 1. The van der Waals surface area contributed by atoms with E-state index < -0.39 is 11.6 Å². The van der Waals surface area contributed by atoms with Crippen LogP contribution in [0.2, 0.25) is 0 Å². The zero-order chi connectivity index (χ0) is 12.8. The summed E-state index contributed by atoms with van der Waals surface area (Å²) in [6.45, 7) is 2.49. The molecule has 94 valence electrons. The molecule has 17 heavy (non-hydrogen) atoms. The van der Waals surface area contributed by atoms with Crippen molar-refractivity contribution in [2.45, 2.75) is 6.92 Å². The van der Waals surface area contributed by atoms with E-state index in [1.54, 1.807) is 14.0 Å². The standard InChI is InChI=1S/C11H14F2N2OS/c1-7-3-4-8(12)10(9(7)13)15-11(17)14-5-6-16-2/h3-4H,5-6H2,1-2H3,(H2,14,15,17). The highest BCUT2D eigenvalue weighted by Gasteiger charge is 2.12. The first-order chi connectivity index (χ1) is 8.06. The van der Waals surface area contributed by atoms with E-state index >= 15 is 0 Å². The molecule has 0 heterocycles. The fraction of sp³-hybridized carbons (Fsp3) is 0.364. The van der Waals surface area contributed by atoms with E-state index in [1.807, 2.05) is 0 Å². The number of hydrogen-bond donors (Lipinski definition) is 2. The van der Waals surface area contributed by atoms with E-state index in [0.29, 0.717) is 18.7 Å². The number of benzene rings is 1. The highest BCUT2D eigenvalue weighted by molar-refractivity contribution is 7.80. The van der Waals surface area contributed by atoms with Crippen molar-refractivity contribution in [3.8, 4) is 0 Å². The first kappa shape index (κ1) is 13.8. The van der Waals surface area contributed by atoms with Gasteiger partial charge in [0.05, 0.1) is 6.61 Å². The molecule has 2 N–H and O–H groups in total. The summed E-state index contributed by atoms with van der Waals surface area (Å²) < 4.78 is 31.8. The first-order valence-electron chi connectivity index (χ1n) is 5.04. The van der Waals surface area contributed by atoms with Crippen molar-refractivity contribution in [3.05, 3.63) is 29.3 Å². The van der Waals surface area contributed by atoms with Gasteiger partial charge in [0.2, 0.25) is 0 Å². The molecule has 0 saturated heterocycles. The number of nitrogens with one attached hydrogen (secondary N) is 2. The number of anilines is 1. The van der Waals surface area contributed by atoms with E-state index in [9.17, 15) is 8.78 Å². The Bertz CT molecular complexity index is 413. The lowest BCUT2D eigenvalue weighted by Gasteiger charge is -2.12. The molecule has 0 radical (unpaired) electrons. The first-order valence-corrected chi connectivity index (χ1v) is 5.45. The number of thiocarbonyl (C=S) groups is 1. The van der Waals surface area contributed by atoms with Crippen molar-refractivity contribution in [2.24, 2.45) is 0 Å². The molecule has 0 aliphatic rings. The molecule has 0 atom stereocenters. The second kappa shape index (κ2) is 6.46. The molecule has 0 bridgehead atoms. The minimum absolute atomic E-state index is 0.158. The van der Waals surface area contributed by atoms with Gasteiger partial charge in [-0.25, -0.2) is 8.78 Å². The summed E-state index contributed by atoms with van der Waals surface area (Å²) in [5.41, 5.74) is 0.119. The van der Waals surface area contributed by atoms with Gasteiger partial charge in [-0.1, -0.05) is 6.07 Å². The maximum atomic E-state index is 13.6. The minimum Gasteiger partial charge on any atom is -0.383 e. The van der Waals surface area contributed by atoms with Crippen LogP contribution in [0.1, 0.15) is 5.56 Å². The van der Waals surface area contributed by atoms with Crippen LogP contribution in [0.25, 0.3) is 0 Å². The summed E-state index contributed by atoms with van der Waals surface area (Å²) in [4.78, 5) is 0. The fourth-order valence-corrected chi connectivity index (χ4v) is 1.40. The summed E-state index contributed by atoms with van der Waals surface area (Å²) in [6.07, 6.45) is 0. The summed E-state index contributed by atoms with van der Waals surface area (Å²) >= 11 is 4.90. The Kier molecular flexibility index (Phi) is 5.24. The van der Waals surface area contributed by atoms with Crippen LogP contribution < -0.4 is 10.6 Å². The van der Waals surface area contributed by atoms with Crippen LogP contribution in [0.15, 0.2) is 12.1 Å². The molecule has 0 fully saturated rings. The average Bonchev–Trinajstić information content (AvgIpc) is 2.30. The molecular formula is C11H14F2N2OS. The number of methoxy groups -OCH3 is 1. The molecule has 0 unspecified atom stereocenters. The zero-order valence-electron chi connectivity index (χ0n) is 9.64. The van der Waals surface area contributed by atoms with Crippen molar-refractivity contribution < 1.29 is 13.5 Å². The predicted octanol–water partition coefficient (Wildman–Crippen LogP) is 2.21. The van der Waals surface area contributed by atoms with E-state index in [2.05, 4.69) is 10.6 Å². The van der Waals surface area contributed by atoms with Gasteiger partial charge in [-0.05, 0) is 30.8 Å². The van der Waals surface area contributed by atoms with Crippen LogP contribution in [0, 0.1) is 18.6 Å². The molecule has 0 saturated carbocycles. The Labute approximate surface area is 104 Å². The third-order valence-corrected chi connectivity index (χ3v) is 2.36. The largest absolute Gasteiger partial charge is 0.383 e. The summed E-state index contributed by atoms with van der Waals surface area (Å²) in [7, 11) is 1.55. The van der Waals surface area contributed by atoms with Crippen LogP contribution in [-0.2, 0) is 4.74 Å². The van der Waals surface area contributed by atoms with Crippen LogP contribution >= 0.6 is 12.2 Å². The Morgan fingerprint density at radius 3 is 2.76 bits per heavy atom. The molecule has 1 rings (SSSR count). The predicted molar refractivity (Wildman–Crippen MR) is 67.2 cm³/mol. The van der Waals surface area contributed by atoms with Gasteiger partial charge < -0.3 is 15.4 Å². The SMILES string of the molecule is COCCNC(=S)Nc1c(F)ccc(C)c1F. The van der Waals surface area contributed by atoms with Crippen molar-refractivity contribution in [1.29, 1.82) is 0 Å². The van der Waals surface area contributed by atoms with Crippen LogP contribution in [0.5, 0.6) is 0 Å². The van der Waals surface area contributed by atoms with Gasteiger partial charge in [0.1, 0.15) is 11.5 Å². The number of rotatable bonds is 4. The number of hydrogen-bond acceptors (Lipinski definition) is 2. The molecule has 0 aliphatic heterocycles. The topological polar surface area (TPSA) is 33.3 Å². The fourth-order valence-electron chi connectivity index (χ4n) is 1.20. The van der Waals surface area contributed by atoms with Crippen molar-refractivity contribution in [1.82, 2.24) is 5.32 Å². The molecule has 6 heteroatoms. The Hall–Kier alpha value is -1.27. The molecule has 0 aliphatic carbocycles. The molecule has 0 spiro atoms. The molecule has 1 aromatic carbocycles. The number of halogens is 2. The minimum atomic E-state index is -0.677. The zero-order valence-corrected chi connectivity index (χ0v) is 10.5. The Morgan fingerprint density at radius 2 is 2.12 bits per heavy atom. The van der Waals surface area contributed by atoms with Crippen molar-refractivity contribution in [2.75, 3.05) is 25.6 Å². The maximum Gasteiger partial charge on any atom is 0.171 e. The Morgan fingerprint density at radius 1 is 1.41 bits per heavy atom. The van der Waals surface area contributed by atoms with E-state index in [4.69, 9.17) is 17.0 Å². The maximum absolute atomic E-state index is 13.6. The van der Waals surface area contributed by atoms with Gasteiger partial charge in [0.25, 0.3) is 0 Å². The summed E-state index contributed by atoms with van der Waals surface area (Å²) in [6, 6.07) is 2.57. The highest BCUT2D eigenvalue weighted by Crippen LogP contribution is 2.21. The Balaban J connectivity index is 2.68. The van der Waals surface area contributed by atoms with Gasteiger partial charge >= 0.3 is 0 Å². The summed E-state index contributed by atoms with van der Waals surface area (Å²) in [5.74, 6) is -1.31.